The van der Waals surface area contributed by atoms with Crippen LogP contribution in [0.2, 0.25) is 0 Å². The van der Waals surface area contributed by atoms with Crippen LogP contribution < -0.4 is 5.73 Å². The van der Waals surface area contributed by atoms with Crippen LogP contribution >= 0.6 is 15.9 Å². The van der Waals surface area contributed by atoms with Gasteiger partial charge in [0.05, 0.1) is 4.47 Å². The second kappa shape index (κ2) is 5.70. The fraction of sp³-hybridized carbons (Fsp3) is 0.600. The first-order valence-corrected chi connectivity index (χ1v) is 7.59. The van der Waals surface area contributed by atoms with Crippen molar-refractivity contribution in [1.29, 1.82) is 0 Å². The zero-order chi connectivity index (χ0) is 13.2. The van der Waals surface area contributed by atoms with Crippen molar-refractivity contribution in [3.63, 3.8) is 0 Å². The third-order valence-corrected chi connectivity index (χ3v) is 4.79. The number of hydrogen-bond donors (Lipinski definition) is 1. The van der Waals surface area contributed by atoms with E-state index < -0.39 is 5.54 Å². The van der Waals surface area contributed by atoms with E-state index in [-0.39, 0.29) is 5.82 Å². The van der Waals surface area contributed by atoms with Crippen LogP contribution in [0.4, 0.5) is 4.39 Å². The smallest absolute Gasteiger partial charge is 0.142 e. The van der Waals surface area contributed by atoms with E-state index in [2.05, 4.69) is 22.9 Å². The number of halogens is 2. The van der Waals surface area contributed by atoms with E-state index in [1.165, 1.54) is 12.8 Å². The normalized spacial score (nSPS) is 28.3. The van der Waals surface area contributed by atoms with E-state index in [9.17, 15) is 4.39 Å². The quantitative estimate of drug-likeness (QED) is 0.857. The monoisotopic (exact) mass is 313 g/mol. The summed E-state index contributed by atoms with van der Waals surface area (Å²) >= 11 is 3.24. The second-order valence-electron chi connectivity index (χ2n) is 5.49. The molecular weight excluding hydrogens is 293 g/mol. The Kier molecular flexibility index (Phi) is 4.44. The molecule has 0 aromatic heterocycles. The van der Waals surface area contributed by atoms with Crippen LogP contribution in [0.25, 0.3) is 0 Å². The summed E-state index contributed by atoms with van der Waals surface area (Å²) in [6.45, 7) is 2.22. The molecule has 3 heteroatoms. The molecule has 1 nitrogen and oxygen atoms in total. The van der Waals surface area contributed by atoms with E-state index in [1.54, 1.807) is 6.07 Å². The summed E-state index contributed by atoms with van der Waals surface area (Å²) in [6, 6.07) is 5.43. The lowest BCUT2D eigenvalue weighted by atomic mass is 9.72. The molecule has 1 saturated carbocycles. The Bertz CT molecular complexity index is 411. The summed E-state index contributed by atoms with van der Waals surface area (Å²) in [7, 11) is 0. The molecular formula is C15H21BrFN. The molecule has 0 unspecified atom stereocenters. The maximum atomic E-state index is 14.1. The predicted octanol–water partition coefficient (Wildman–Crippen LogP) is 4.73. The molecule has 2 rings (SSSR count). The highest BCUT2D eigenvalue weighted by Gasteiger charge is 2.35. The molecule has 18 heavy (non-hydrogen) atoms. The molecule has 0 heterocycles. The summed E-state index contributed by atoms with van der Waals surface area (Å²) in [5.74, 6) is 0.593. The largest absolute Gasteiger partial charge is 0.321 e. The second-order valence-corrected chi connectivity index (χ2v) is 6.34. The molecule has 0 bridgehead atoms. The van der Waals surface area contributed by atoms with Gasteiger partial charge in [-0.3, -0.25) is 0 Å². The Morgan fingerprint density at radius 3 is 2.67 bits per heavy atom. The average molecular weight is 314 g/mol. The summed E-state index contributed by atoms with van der Waals surface area (Å²) < 4.78 is 14.7. The van der Waals surface area contributed by atoms with Crippen LogP contribution in [0, 0.1) is 11.7 Å². The van der Waals surface area contributed by atoms with Crippen LogP contribution in [-0.4, -0.2) is 0 Å². The van der Waals surface area contributed by atoms with Gasteiger partial charge < -0.3 is 5.73 Å². The van der Waals surface area contributed by atoms with Gasteiger partial charge in [-0.05, 0) is 53.6 Å². The predicted molar refractivity (Wildman–Crippen MR) is 76.8 cm³/mol. The van der Waals surface area contributed by atoms with Crippen LogP contribution in [0.3, 0.4) is 0 Å². The summed E-state index contributed by atoms with van der Waals surface area (Å²) in [4.78, 5) is 0. The highest BCUT2D eigenvalue weighted by Crippen LogP contribution is 2.40. The van der Waals surface area contributed by atoms with Crippen LogP contribution in [-0.2, 0) is 5.54 Å². The molecule has 100 valence electrons. The van der Waals surface area contributed by atoms with Crippen molar-refractivity contribution in [3.05, 3.63) is 34.1 Å². The standard InChI is InChI=1S/C15H21BrFN/c1-2-4-11-7-9-15(18,10-8-11)12-5-3-6-13(16)14(12)17/h3,5-6,11H,2,4,7-10,18H2,1H3. The molecule has 0 amide bonds. The first-order chi connectivity index (χ1) is 8.57. The van der Waals surface area contributed by atoms with Crippen LogP contribution in [0.5, 0.6) is 0 Å². The van der Waals surface area contributed by atoms with Crippen molar-refractivity contribution in [2.24, 2.45) is 11.7 Å². The molecule has 1 aromatic carbocycles. The fourth-order valence-electron chi connectivity index (χ4n) is 3.05. The van der Waals surface area contributed by atoms with Gasteiger partial charge in [0.25, 0.3) is 0 Å². The summed E-state index contributed by atoms with van der Waals surface area (Å²) in [5.41, 5.74) is 6.65. The minimum atomic E-state index is -0.474. The number of rotatable bonds is 3. The van der Waals surface area contributed by atoms with Crippen LogP contribution in [0.1, 0.15) is 51.0 Å². The van der Waals surface area contributed by atoms with E-state index in [1.807, 2.05) is 12.1 Å². The Hall–Kier alpha value is -0.410. The van der Waals surface area contributed by atoms with Crippen molar-refractivity contribution in [1.82, 2.24) is 0 Å². The van der Waals surface area contributed by atoms with Gasteiger partial charge in [-0.15, -0.1) is 0 Å². The topological polar surface area (TPSA) is 26.0 Å². The fourth-order valence-corrected chi connectivity index (χ4v) is 3.41. The highest BCUT2D eigenvalue weighted by atomic mass is 79.9. The van der Waals surface area contributed by atoms with E-state index in [0.717, 1.165) is 31.6 Å². The Balaban J connectivity index is 2.16. The lowest BCUT2D eigenvalue weighted by Crippen LogP contribution is -2.41. The number of benzene rings is 1. The average Bonchev–Trinajstić information content (AvgIpc) is 2.36. The van der Waals surface area contributed by atoms with Crippen molar-refractivity contribution < 1.29 is 4.39 Å². The first kappa shape index (κ1) is 14.0. The van der Waals surface area contributed by atoms with Gasteiger partial charge in [0.1, 0.15) is 5.82 Å². The lowest BCUT2D eigenvalue weighted by molar-refractivity contribution is 0.221. The van der Waals surface area contributed by atoms with Crippen molar-refractivity contribution >= 4 is 15.9 Å². The molecule has 0 radical (unpaired) electrons. The summed E-state index contributed by atoms with van der Waals surface area (Å²) in [5, 5.41) is 0. The van der Waals surface area contributed by atoms with Gasteiger partial charge in [-0.25, -0.2) is 4.39 Å². The molecule has 0 atom stereocenters. The number of hydrogen-bond acceptors (Lipinski definition) is 1. The summed E-state index contributed by atoms with van der Waals surface area (Å²) in [6.07, 6.45) is 6.53. The van der Waals surface area contributed by atoms with E-state index in [4.69, 9.17) is 5.73 Å². The van der Waals surface area contributed by atoms with Crippen molar-refractivity contribution in [3.8, 4) is 0 Å². The Labute approximate surface area is 117 Å². The minimum Gasteiger partial charge on any atom is -0.321 e. The molecule has 1 aliphatic carbocycles. The van der Waals surface area contributed by atoms with Gasteiger partial charge in [0, 0.05) is 11.1 Å². The van der Waals surface area contributed by atoms with Gasteiger partial charge in [0.2, 0.25) is 0 Å². The van der Waals surface area contributed by atoms with Gasteiger partial charge in [0.15, 0.2) is 0 Å². The molecule has 0 spiro atoms. The molecule has 0 aliphatic heterocycles. The molecule has 1 aliphatic rings. The molecule has 0 saturated heterocycles. The Morgan fingerprint density at radius 2 is 2.06 bits per heavy atom. The van der Waals surface area contributed by atoms with Crippen molar-refractivity contribution in [2.75, 3.05) is 0 Å². The zero-order valence-corrected chi connectivity index (χ0v) is 12.5. The lowest BCUT2D eigenvalue weighted by Gasteiger charge is -2.38. The Morgan fingerprint density at radius 1 is 1.39 bits per heavy atom. The molecule has 1 fully saturated rings. The molecule has 2 N–H and O–H groups in total. The first-order valence-electron chi connectivity index (χ1n) is 6.80. The van der Waals surface area contributed by atoms with Gasteiger partial charge >= 0.3 is 0 Å². The SMILES string of the molecule is CCCC1CCC(N)(c2cccc(Br)c2F)CC1. The highest BCUT2D eigenvalue weighted by molar-refractivity contribution is 9.10. The van der Waals surface area contributed by atoms with E-state index in [0.29, 0.717) is 10.0 Å². The van der Waals surface area contributed by atoms with Crippen LogP contribution in [0.15, 0.2) is 22.7 Å². The third-order valence-electron chi connectivity index (χ3n) is 4.18. The maximum Gasteiger partial charge on any atom is 0.142 e. The third kappa shape index (κ3) is 2.77. The van der Waals surface area contributed by atoms with Gasteiger partial charge in [-0.2, -0.15) is 0 Å². The van der Waals surface area contributed by atoms with E-state index >= 15 is 0 Å². The van der Waals surface area contributed by atoms with Crippen molar-refractivity contribution in [2.45, 2.75) is 51.0 Å². The zero-order valence-electron chi connectivity index (χ0n) is 10.9. The maximum absolute atomic E-state index is 14.1. The van der Waals surface area contributed by atoms with Gasteiger partial charge in [-0.1, -0.05) is 31.9 Å². The molecule has 1 aromatic rings. The number of nitrogens with two attached hydrogens (primary N) is 1. The minimum absolute atomic E-state index is 0.186.